The van der Waals surface area contributed by atoms with E-state index in [0.717, 1.165) is 0 Å². The summed E-state index contributed by atoms with van der Waals surface area (Å²) in [5, 5.41) is 7.90. The van der Waals surface area contributed by atoms with Crippen LogP contribution in [0.3, 0.4) is 0 Å². The molecule has 4 amide bonds. The fourth-order valence-corrected chi connectivity index (χ4v) is 3.91. The minimum absolute atomic E-state index is 0.139. The minimum atomic E-state index is -0.820. The highest BCUT2D eigenvalue weighted by molar-refractivity contribution is 6.01. The van der Waals surface area contributed by atoms with Crippen LogP contribution in [0.5, 0.6) is 0 Å². The number of aryl methyl sites for hydroxylation is 1. The highest BCUT2D eigenvalue weighted by atomic mass is 16.6. The lowest BCUT2D eigenvalue weighted by Crippen LogP contribution is -2.45. The molecule has 3 N–H and O–H groups in total. The molecule has 12 nitrogen and oxygen atoms in total. The summed E-state index contributed by atoms with van der Waals surface area (Å²) in [6.07, 6.45) is 0.479. The summed E-state index contributed by atoms with van der Waals surface area (Å²) in [6.45, 7) is 7.85. The van der Waals surface area contributed by atoms with Crippen molar-refractivity contribution in [3.8, 4) is 0 Å². The molecule has 200 valence electrons. The molecule has 0 aliphatic carbocycles. The molecule has 1 aliphatic rings. The first-order valence-corrected chi connectivity index (χ1v) is 12.2. The number of para-hydroxylation sites is 1. The second kappa shape index (κ2) is 12.0. The first-order chi connectivity index (χ1) is 17.5. The Hall–Kier alpha value is -3.80. The smallest absolute Gasteiger partial charge is 0.407 e. The Kier molecular flexibility index (Phi) is 8.98. The maximum absolute atomic E-state index is 13.2. The normalized spacial score (nSPS) is 15.8. The second-order valence-electron chi connectivity index (χ2n) is 9.70. The van der Waals surface area contributed by atoms with Crippen LogP contribution in [0.25, 0.3) is 10.9 Å². The van der Waals surface area contributed by atoms with E-state index in [9.17, 15) is 24.0 Å². The van der Waals surface area contributed by atoms with Crippen LogP contribution < -0.4 is 21.5 Å². The predicted molar refractivity (Wildman–Crippen MR) is 135 cm³/mol. The molecule has 0 bridgehead atoms. The number of hydrogen-bond donors (Lipinski definition) is 3. The number of benzene rings is 1. The SMILES string of the molecule is Cc1nc2c(NC(=O)CCCOCCNC(=O)OC(C)(C)C)cccc2c(=O)n1C1CCC(=O)NC1=O. The van der Waals surface area contributed by atoms with Crippen molar-refractivity contribution in [2.24, 2.45) is 0 Å². The van der Waals surface area contributed by atoms with E-state index in [1.165, 1.54) is 4.57 Å². The summed E-state index contributed by atoms with van der Waals surface area (Å²) in [6, 6.07) is 4.05. The molecule has 1 saturated heterocycles. The van der Waals surface area contributed by atoms with Crippen molar-refractivity contribution in [2.45, 2.75) is 65.0 Å². The molecule has 3 rings (SSSR count). The average molecular weight is 516 g/mol. The third-order valence-electron chi connectivity index (χ3n) is 5.51. The predicted octanol–water partition coefficient (Wildman–Crippen LogP) is 1.94. The Morgan fingerprint density at radius 1 is 1.19 bits per heavy atom. The number of hydrogen-bond acceptors (Lipinski definition) is 8. The molecule has 0 radical (unpaired) electrons. The minimum Gasteiger partial charge on any atom is -0.444 e. The zero-order valence-corrected chi connectivity index (χ0v) is 21.5. The molecule has 0 spiro atoms. The van der Waals surface area contributed by atoms with Gasteiger partial charge in [0.2, 0.25) is 17.7 Å². The summed E-state index contributed by atoms with van der Waals surface area (Å²) in [5.74, 6) is -0.859. The summed E-state index contributed by atoms with van der Waals surface area (Å²) in [5.41, 5.74) is -0.269. The lowest BCUT2D eigenvalue weighted by atomic mass is 10.1. The number of rotatable bonds is 9. The Labute approximate surface area is 214 Å². The standard InChI is InChI=1S/C25H33N5O7/c1-15-27-21-16(23(34)30(15)18-10-11-20(32)29-22(18)33)7-5-8-17(21)28-19(31)9-6-13-36-14-12-26-24(35)37-25(2,3)4/h5,7-8,18H,6,9-14H2,1-4H3,(H,26,35)(H,28,31)(H,29,32,33). The molecule has 37 heavy (non-hydrogen) atoms. The van der Waals surface area contributed by atoms with Crippen molar-refractivity contribution in [3.05, 3.63) is 34.4 Å². The molecule has 2 aromatic rings. The zero-order chi connectivity index (χ0) is 27.2. The van der Waals surface area contributed by atoms with E-state index < -0.39 is 29.2 Å². The van der Waals surface area contributed by atoms with E-state index in [0.29, 0.717) is 36.6 Å². The monoisotopic (exact) mass is 515 g/mol. The van der Waals surface area contributed by atoms with Gasteiger partial charge in [-0.15, -0.1) is 0 Å². The van der Waals surface area contributed by atoms with Gasteiger partial charge in [-0.05, 0) is 52.7 Å². The Balaban J connectivity index is 1.54. The van der Waals surface area contributed by atoms with Crippen LogP contribution in [0.15, 0.2) is 23.0 Å². The van der Waals surface area contributed by atoms with Gasteiger partial charge in [0, 0.05) is 26.0 Å². The van der Waals surface area contributed by atoms with Crippen LogP contribution in [0.2, 0.25) is 0 Å². The van der Waals surface area contributed by atoms with Crippen LogP contribution in [-0.4, -0.2) is 58.7 Å². The number of anilines is 1. The van der Waals surface area contributed by atoms with Gasteiger partial charge < -0.3 is 20.1 Å². The number of alkyl carbamates (subject to hydrolysis) is 1. The van der Waals surface area contributed by atoms with Gasteiger partial charge in [0.1, 0.15) is 23.0 Å². The van der Waals surface area contributed by atoms with E-state index in [4.69, 9.17) is 9.47 Å². The van der Waals surface area contributed by atoms with Gasteiger partial charge >= 0.3 is 6.09 Å². The highest BCUT2D eigenvalue weighted by Gasteiger charge is 2.30. The maximum atomic E-state index is 13.2. The van der Waals surface area contributed by atoms with Crippen molar-refractivity contribution in [1.29, 1.82) is 0 Å². The fourth-order valence-electron chi connectivity index (χ4n) is 3.91. The Bertz CT molecular complexity index is 1250. The second-order valence-corrected chi connectivity index (χ2v) is 9.70. The number of fused-ring (bicyclic) bond motifs is 1. The van der Waals surface area contributed by atoms with Crippen molar-refractivity contribution in [1.82, 2.24) is 20.2 Å². The van der Waals surface area contributed by atoms with E-state index in [1.54, 1.807) is 45.9 Å². The number of ether oxygens (including phenoxy) is 2. The van der Waals surface area contributed by atoms with Gasteiger partial charge in [0.15, 0.2) is 0 Å². The van der Waals surface area contributed by atoms with Crippen molar-refractivity contribution >= 4 is 40.4 Å². The Morgan fingerprint density at radius 3 is 2.65 bits per heavy atom. The molecular weight excluding hydrogens is 482 g/mol. The van der Waals surface area contributed by atoms with Gasteiger partial charge in [-0.25, -0.2) is 9.78 Å². The summed E-state index contributed by atoms with van der Waals surface area (Å²) in [4.78, 5) is 65.6. The van der Waals surface area contributed by atoms with E-state index in [2.05, 4.69) is 20.9 Å². The van der Waals surface area contributed by atoms with Gasteiger partial charge in [0.25, 0.3) is 5.56 Å². The first-order valence-electron chi connectivity index (χ1n) is 12.2. The van der Waals surface area contributed by atoms with Crippen LogP contribution in [-0.2, 0) is 23.9 Å². The van der Waals surface area contributed by atoms with Gasteiger partial charge in [-0.2, -0.15) is 0 Å². The van der Waals surface area contributed by atoms with Crippen molar-refractivity contribution < 1.29 is 28.7 Å². The highest BCUT2D eigenvalue weighted by Crippen LogP contribution is 2.23. The summed E-state index contributed by atoms with van der Waals surface area (Å²) < 4.78 is 11.9. The number of piperidine rings is 1. The van der Waals surface area contributed by atoms with Crippen molar-refractivity contribution in [2.75, 3.05) is 25.1 Å². The third kappa shape index (κ3) is 7.59. The number of nitrogens with zero attached hydrogens (tertiary/aromatic N) is 2. The number of carbonyl (C=O) groups is 4. The van der Waals surface area contributed by atoms with Crippen LogP contribution in [0, 0.1) is 6.92 Å². The molecular formula is C25H33N5O7. The van der Waals surface area contributed by atoms with Gasteiger partial charge in [-0.1, -0.05) is 6.07 Å². The average Bonchev–Trinajstić information content (AvgIpc) is 2.79. The molecule has 1 atom stereocenters. The van der Waals surface area contributed by atoms with Crippen LogP contribution in [0.4, 0.5) is 10.5 Å². The topological polar surface area (TPSA) is 158 Å². The molecule has 1 aromatic heterocycles. The lowest BCUT2D eigenvalue weighted by molar-refractivity contribution is -0.135. The Morgan fingerprint density at radius 2 is 1.95 bits per heavy atom. The molecule has 2 heterocycles. The first kappa shape index (κ1) is 27.8. The number of aromatic nitrogens is 2. The molecule has 1 aliphatic heterocycles. The molecule has 1 fully saturated rings. The van der Waals surface area contributed by atoms with E-state index >= 15 is 0 Å². The summed E-state index contributed by atoms with van der Waals surface area (Å²) in [7, 11) is 0. The molecule has 1 aromatic carbocycles. The maximum Gasteiger partial charge on any atom is 0.407 e. The zero-order valence-electron chi connectivity index (χ0n) is 21.5. The summed E-state index contributed by atoms with van der Waals surface area (Å²) >= 11 is 0. The van der Waals surface area contributed by atoms with Gasteiger partial charge in [0.05, 0.1) is 17.7 Å². The lowest BCUT2D eigenvalue weighted by Gasteiger charge is -2.24. The molecule has 12 heteroatoms. The molecule has 1 unspecified atom stereocenters. The van der Waals surface area contributed by atoms with Crippen LogP contribution >= 0.6 is 0 Å². The number of imide groups is 1. The largest absolute Gasteiger partial charge is 0.444 e. The fraction of sp³-hybridized carbons (Fsp3) is 0.520. The van der Waals surface area contributed by atoms with Crippen LogP contribution in [0.1, 0.15) is 58.3 Å². The number of nitrogens with one attached hydrogen (secondary N) is 3. The number of amides is 4. The quantitative estimate of drug-likeness (QED) is 0.338. The molecule has 0 saturated carbocycles. The van der Waals surface area contributed by atoms with E-state index in [-0.39, 0.29) is 43.1 Å². The van der Waals surface area contributed by atoms with Gasteiger partial charge in [-0.3, -0.25) is 29.1 Å². The number of carbonyl (C=O) groups excluding carboxylic acids is 4. The third-order valence-corrected chi connectivity index (χ3v) is 5.51. The van der Waals surface area contributed by atoms with Crippen molar-refractivity contribution in [3.63, 3.8) is 0 Å². The van der Waals surface area contributed by atoms with E-state index in [1.807, 2.05) is 0 Å².